The number of hydrogen-bond acceptors (Lipinski definition) is 6. The fraction of sp³-hybridized carbons (Fsp3) is 0.982. The third-order valence-corrected chi connectivity index (χ3v) is 14.2. The lowest BCUT2D eigenvalue weighted by atomic mass is 10.0. The number of unbranched alkanes of at least 4 members (excludes halogenated alkanes) is 41. The van der Waals surface area contributed by atoms with E-state index in [0.29, 0.717) is 24.1 Å². The van der Waals surface area contributed by atoms with Crippen molar-refractivity contribution in [2.75, 3.05) is 54.1 Å². The van der Waals surface area contributed by atoms with Crippen LogP contribution in [0.1, 0.15) is 296 Å². The van der Waals surface area contributed by atoms with Gasteiger partial charge in [0.15, 0.2) is 0 Å². The number of likely N-dealkylation sites (N-methyl/N-ethyl adjacent to an activating group) is 1. The van der Waals surface area contributed by atoms with Crippen molar-refractivity contribution in [2.45, 2.75) is 302 Å². The molecule has 0 heterocycles. The van der Waals surface area contributed by atoms with Crippen molar-refractivity contribution < 1.29 is 37.3 Å². The first kappa shape index (κ1) is 64.5. The Hall–Kier alpha value is -0.500. The van der Waals surface area contributed by atoms with Crippen LogP contribution in [0.25, 0.3) is 0 Å². The lowest BCUT2D eigenvalue weighted by Gasteiger charge is -2.24. The van der Waals surface area contributed by atoms with Gasteiger partial charge in [-0.05, 0) is 12.8 Å². The largest absolute Gasteiger partial charge is 0.472 e. The SMILES string of the molecule is CCCCCCCCCCCCCCCCCCCCCCCCCCCOCC(COP(=O)(O)OCC[N+](C)(C)C)OC(=O)CCCCCCCCCCCCCCCCCCCC. The average Bonchev–Trinajstić information content (AvgIpc) is 3.27. The molecule has 0 aliphatic heterocycles. The van der Waals surface area contributed by atoms with E-state index in [1.165, 1.54) is 244 Å². The Morgan fingerprint density at radius 2 is 0.708 bits per heavy atom. The quantitative estimate of drug-likeness (QED) is 0.0281. The molecule has 0 fully saturated rings. The minimum absolute atomic E-state index is 0.0944. The topological polar surface area (TPSA) is 91.3 Å². The highest BCUT2D eigenvalue weighted by molar-refractivity contribution is 7.47. The standard InChI is InChI=1S/C56H114NO7P/c1-6-8-10-12-14-16-18-20-22-24-26-27-28-29-30-31-32-34-36-38-40-42-44-46-48-51-61-53-55(54-63-65(59,60)62-52-50-57(3,4)5)64-56(58)49-47-45-43-41-39-37-35-33-25-23-21-19-17-15-13-11-9-7-2/h55H,6-54H2,1-5H3/p+1. The molecule has 0 spiro atoms. The molecule has 2 unspecified atom stereocenters. The van der Waals surface area contributed by atoms with Crippen LogP contribution in [-0.4, -0.2) is 75.6 Å². The fourth-order valence-electron chi connectivity index (χ4n) is 8.73. The van der Waals surface area contributed by atoms with Crippen LogP contribution in [0.15, 0.2) is 0 Å². The zero-order valence-corrected chi connectivity index (χ0v) is 45.4. The van der Waals surface area contributed by atoms with E-state index in [2.05, 4.69) is 13.8 Å². The first-order valence-corrected chi connectivity index (χ1v) is 30.3. The summed E-state index contributed by atoms with van der Waals surface area (Å²) >= 11 is 0. The van der Waals surface area contributed by atoms with Crippen molar-refractivity contribution in [3.8, 4) is 0 Å². The molecule has 8 nitrogen and oxygen atoms in total. The number of phosphoric ester groups is 1. The number of quaternary nitrogens is 1. The number of hydrogen-bond donors (Lipinski definition) is 1. The van der Waals surface area contributed by atoms with E-state index in [1.54, 1.807) is 0 Å². The molecule has 1 N–H and O–H groups in total. The van der Waals surface area contributed by atoms with Crippen LogP contribution in [0.2, 0.25) is 0 Å². The third kappa shape index (κ3) is 54.3. The van der Waals surface area contributed by atoms with Crippen molar-refractivity contribution in [1.82, 2.24) is 0 Å². The molecule has 390 valence electrons. The molecule has 2 atom stereocenters. The Morgan fingerprint density at radius 3 is 1.02 bits per heavy atom. The Labute approximate surface area is 406 Å². The number of esters is 1. The van der Waals surface area contributed by atoms with Gasteiger partial charge in [-0.25, -0.2) is 4.57 Å². The Bertz CT molecular complexity index is 1010. The maximum atomic E-state index is 12.8. The smallest absolute Gasteiger partial charge is 0.457 e. The van der Waals surface area contributed by atoms with Crippen LogP contribution in [0.3, 0.4) is 0 Å². The molecule has 0 aliphatic carbocycles. The van der Waals surface area contributed by atoms with Crippen molar-refractivity contribution >= 4 is 13.8 Å². The minimum atomic E-state index is -4.28. The van der Waals surface area contributed by atoms with Gasteiger partial charge in [0, 0.05) is 13.0 Å². The molecule has 0 radical (unpaired) electrons. The fourth-order valence-corrected chi connectivity index (χ4v) is 9.48. The van der Waals surface area contributed by atoms with Crippen LogP contribution in [-0.2, 0) is 27.9 Å². The second-order valence-corrected chi connectivity index (χ2v) is 22.5. The molecule has 0 bridgehead atoms. The van der Waals surface area contributed by atoms with Gasteiger partial charge >= 0.3 is 13.8 Å². The van der Waals surface area contributed by atoms with Gasteiger partial charge in [-0.2, -0.15) is 0 Å². The van der Waals surface area contributed by atoms with Gasteiger partial charge in [0.25, 0.3) is 0 Å². The predicted octanol–water partition coefficient (Wildman–Crippen LogP) is 18.0. The van der Waals surface area contributed by atoms with Crippen LogP contribution >= 0.6 is 7.82 Å². The number of rotatable bonds is 55. The van der Waals surface area contributed by atoms with Gasteiger partial charge in [-0.1, -0.05) is 277 Å². The van der Waals surface area contributed by atoms with E-state index in [1.807, 2.05) is 21.1 Å². The highest BCUT2D eigenvalue weighted by Gasteiger charge is 2.26. The zero-order valence-electron chi connectivity index (χ0n) is 44.5. The molecule has 0 aromatic carbocycles. The number of carbonyl (C=O) groups is 1. The molecule has 0 saturated carbocycles. The van der Waals surface area contributed by atoms with E-state index in [0.717, 1.165) is 32.1 Å². The Kier molecular flexibility index (Phi) is 49.5. The van der Waals surface area contributed by atoms with Gasteiger partial charge in [-0.3, -0.25) is 13.8 Å². The van der Waals surface area contributed by atoms with Crippen molar-refractivity contribution in [1.29, 1.82) is 0 Å². The minimum Gasteiger partial charge on any atom is -0.457 e. The van der Waals surface area contributed by atoms with Gasteiger partial charge < -0.3 is 18.9 Å². The maximum Gasteiger partial charge on any atom is 0.472 e. The van der Waals surface area contributed by atoms with Gasteiger partial charge in [-0.15, -0.1) is 0 Å². The number of ether oxygens (including phenoxy) is 2. The Balaban J connectivity index is 3.99. The summed E-state index contributed by atoms with van der Waals surface area (Å²) in [5, 5.41) is 0. The van der Waals surface area contributed by atoms with Crippen LogP contribution < -0.4 is 0 Å². The summed E-state index contributed by atoms with van der Waals surface area (Å²) in [4.78, 5) is 23.1. The maximum absolute atomic E-state index is 12.8. The highest BCUT2D eigenvalue weighted by atomic mass is 31.2. The summed E-state index contributed by atoms with van der Waals surface area (Å²) < 4.78 is 35.3. The first-order valence-electron chi connectivity index (χ1n) is 28.8. The molecule has 9 heteroatoms. The van der Waals surface area contributed by atoms with Crippen molar-refractivity contribution in [2.24, 2.45) is 0 Å². The molecule has 0 aromatic heterocycles. The molecule has 0 rings (SSSR count). The van der Waals surface area contributed by atoms with Crippen LogP contribution in [0.5, 0.6) is 0 Å². The highest BCUT2D eigenvalue weighted by Crippen LogP contribution is 2.43. The van der Waals surface area contributed by atoms with Crippen molar-refractivity contribution in [3.63, 3.8) is 0 Å². The van der Waals surface area contributed by atoms with Crippen molar-refractivity contribution in [3.05, 3.63) is 0 Å². The molecule has 65 heavy (non-hydrogen) atoms. The molecule has 0 aliphatic rings. The van der Waals surface area contributed by atoms with Gasteiger partial charge in [0.1, 0.15) is 19.3 Å². The van der Waals surface area contributed by atoms with E-state index < -0.39 is 13.9 Å². The monoisotopic (exact) mass is 945 g/mol. The summed E-state index contributed by atoms with van der Waals surface area (Å²) in [6, 6.07) is 0. The average molecular weight is 946 g/mol. The summed E-state index contributed by atoms with van der Waals surface area (Å²) in [6.07, 6.45) is 57.4. The van der Waals surface area contributed by atoms with Gasteiger partial charge in [0.2, 0.25) is 0 Å². The summed E-state index contributed by atoms with van der Waals surface area (Å²) in [6.45, 7) is 5.72. The van der Waals surface area contributed by atoms with E-state index in [9.17, 15) is 14.3 Å². The zero-order chi connectivity index (χ0) is 47.6. The first-order chi connectivity index (χ1) is 31.6. The van der Waals surface area contributed by atoms with Crippen LogP contribution in [0.4, 0.5) is 0 Å². The molecule has 0 aromatic rings. The summed E-state index contributed by atoms with van der Waals surface area (Å²) in [7, 11) is 1.69. The molecule has 0 saturated heterocycles. The van der Waals surface area contributed by atoms with E-state index in [-0.39, 0.29) is 25.8 Å². The Morgan fingerprint density at radius 1 is 0.415 bits per heavy atom. The summed E-state index contributed by atoms with van der Waals surface area (Å²) in [5.41, 5.74) is 0. The van der Waals surface area contributed by atoms with Crippen LogP contribution in [0, 0.1) is 0 Å². The van der Waals surface area contributed by atoms with E-state index in [4.69, 9.17) is 18.5 Å². The summed E-state index contributed by atoms with van der Waals surface area (Å²) in [5.74, 6) is -0.303. The normalized spacial score (nSPS) is 13.4. The lowest BCUT2D eigenvalue weighted by molar-refractivity contribution is -0.870. The number of carbonyl (C=O) groups excluding carboxylic acids is 1. The molecule has 0 amide bonds. The predicted molar refractivity (Wildman–Crippen MR) is 280 cm³/mol. The lowest BCUT2D eigenvalue weighted by Crippen LogP contribution is -2.37. The number of phosphoric acid groups is 1. The molecular weight excluding hydrogens is 830 g/mol. The second kappa shape index (κ2) is 49.9. The number of nitrogens with zero attached hydrogens (tertiary/aromatic N) is 1. The third-order valence-electron chi connectivity index (χ3n) is 13.2. The van der Waals surface area contributed by atoms with E-state index >= 15 is 0 Å². The second-order valence-electron chi connectivity index (χ2n) is 21.0. The van der Waals surface area contributed by atoms with Gasteiger partial charge in [0.05, 0.1) is 34.4 Å². The molecular formula is C56H115NO7P+.